The van der Waals surface area contributed by atoms with E-state index in [4.69, 9.17) is 9.47 Å². The van der Waals surface area contributed by atoms with Crippen LogP contribution in [0.1, 0.15) is 45.4 Å². The third-order valence-electron chi connectivity index (χ3n) is 3.67. The normalized spacial score (nSPS) is 35.4. The Morgan fingerprint density at radius 2 is 2.19 bits per heavy atom. The van der Waals surface area contributed by atoms with Gasteiger partial charge in [0.1, 0.15) is 0 Å². The van der Waals surface area contributed by atoms with Gasteiger partial charge >= 0.3 is 0 Å². The van der Waals surface area contributed by atoms with E-state index in [9.17, 15) is 0 Å². The summed E-state index contributed by atoms with van der Waals surface area (Å²) >= 11 is 0. The number of hydrogen-bond donors (Lipinski definition) is 1. The molecule has 1 aliphatic heterocycles. The van der Waals surface area contributed by atoms with Crippen LogP contribution in [0.2, 0.25) is 0 Å². The Kier molecular flexibility index (Phi) is 5.07. The van der Waals surface area contributed by atoms with Crippen molar-refractivity contribution in [2.24, 2.45) is 0 Å². The van der Waals surface area contributed by atoms with Gasteiger partial charge < -0.3 is 14.8 Å². The summed E-state index contributed by atoms with van der Waals surface area (Å²) in [6, 6.07) is 0.683. The van der Waals surface area contributed by atoms with Crippen molar-refractivity contribution in [3.05, 3.63) is 0 Å². The first kappa shape index (κ1) is 12.3. The van der Waals surface area contributed by atoms with Crippen LogP contribution in [0.4, 0.5) is 0 Å². The van der Waals surface area contributed by atoms with Crippen LogP contribution in [0.15, 0.2) is 0 Å². The van der Waals surface area contributed by atoms with E-state index in [0.717, 1.165) is 19.8 Å². The maximum atomic E-state index is 5.95. The van der Waals surface area contributed by atoms with E-state index in [0.29, 0.717) is 18.2 Å². The Labute approximate surface area is 98.9 Å². The minimum absolute atomic E-state index is 0.368. The number of rotatable bonds is 5. The van der Waals surface area contributed by atoms with E-state index in [2.05, 4.69) is 12.2 Å². The second kappa shape index (κ2) is 6.58. The molecule has 3 unspecified atom stereocenters. The Morgan fingerprint density at radius 1 is 1.25 bits per heavy atom. The third-order valence-corrected chi connectivity index (χ3v) is 3.67. The summed E-state index contributed by atoms with van der Waals surface area (Å²) in [5.74, 6) is 0. The Balaban J connectivity index is 1.59. The van der Waals surface area contributed by atoms with E-state index in [1.807, 2.05) is 0 Å². The Hall–Kier alpha value is -0.120. The molecular weight excluding hydrogens is 202 g/mol. The fourth-order valence-electron chi connectivity index (χ4n) is 2.75. The highest BCUT2D eigenvalue weighted by atomic mass is 16.5. The van der Waals surface area contributed by atoms with Crippen LogP contribution >= 0.6 is 0 Å². The SMILES string of the molecule is CCNC1CCC(OCC2CCCCO2)C1. The molecule has 16 heavy (non-hydrogen) atoms. The third kappa shape index (κ3) is 3.72. The zero-order chi connectivity index (χ0) is 11.2. The molecule has 1 heterocycles. The van der Waals surface area contributed by atoms with Gasteiger partial charge in [-0.05, 0) is 45.1 Å². The fourth-order valence-corrected chi connectivity index (χ4v) is 2.75. The standard InChI is InChI=1S/C13H25NO2/c1-2-14-11-6-7-12(9-11)16-10-13-5-3-4-8-15-13/h11-14H,2-10H2,1H3. The molecule has 3 atom stereocenters. The topological polar surface area (TPSA) is 30.5 Å². The van der Waals surface area contributed by atoms with Crippen molar-refractivity contribution >= 4 is 0 Å². The lowest BCUT2D eigenvalue weighted by Gasteiger charge is -2.24. The molecule has 3 heteroatoms. The number of nitrogens with one attached hydrogen (secondary N) is 1. The van der Waals surface area contributed by atoms with Crippen LogP contribution in [-0.4, -0.2) is 38.0 Å². The number of hydrogen-bond acceptors (Lipinski definition) is 3. The van der Waals surface area contributed by atoms with E-state index in [1.54, 1.807) is 0 Å². The van der Waals surface area contributed by atoms with Crippen molar-refractivity contribution in [1.82, 2.24) is 5.32 Å². The monoisotopic (exact) mass is 227 g/mol. The van der Waals surface area contributed by atoms with Gasteiger partial charge in [-0.3, -0.25) is 0 Å². The molecule has 3 nitrogen and oxygen atoms in total. The average molecular weight is 227 g/mol. The molecule has 0 spiro atoms. The summed E-state index contributed by atoms with van der Waals surface area (Å²) in [6.07, 6.45) is 8.21. The molecule has 0 aromatic heterocycles. The summed E-state index contributed by atoms with van der Waals surface area (Å²) in [4.78, 5) is 0. The van der Waals surface area contributed by atoms with Crippen molar-refractivity contribution in [3.8, 4) is 0 Å². The van der Waals surface area contributed by atoms with Gasteiger partial charge in [-0.25, -0.2) is 0 Å². The van der Waals surface area contributed by atoms with Gasteiger partial charge in [0.2, 0.25) is 0 Å². The molecule has 94 valence electrons. The first-order valence-corrected chi connectivity index (χ1v) is 6.85. The molecule has 0 amide bonds. The predicted octanol–water partition coefficient (Wildman–Crippen LogP) is 2.10. The summed E-state index contributed by atoms with van der Waals surface area (Å²) in [6.45, 7) is 4.98. The van der Waals surface area contributed by atoms with E-state index < -0.39 is 0 Å². The average Bonchev–Trinajstić information content (AvgIpc) is 2.76. The van der Waals surface area contributed by atoms with Crippen LogP contribution < -0.4 is 5.32 Å². The highest BCUT2D eigenvalue weighted by Crippen LogP contribution is 2.23. The lowest BCUT2D eigenvalue weighted by Crippen LogP contribution is -2.29. The van der Waals surface area contributed by atoms with Crippen LogP contribution in [0.3, 0.4) is 0 Å². The highest BCUT2D eigenvalue weighted by Gasteiger charge is 2.25. The minimum Gasteiger partial charge on any atom is -0.376 e. The first-order chi connectivity index (χ1) is 7.88. The molecule has 0 aromatic carbocycles. The molecule has 1 saturated heterocycles. The van der Waals surface area contributed by atoms with Crippen LogP contribution in [0.25, 0.3) is 0 Å². The van der Waals surface area contributed by atoms with Gasteiger partial charge in [-0.2, -0.15) is 0 Å². The lowest BCUT2D eigenvalue weighted by atomic mass is 10.1. The molecule has 0 bridgehead atoms. The minimum atomic E-state index is 0.368. The van der Waals surface area contributed by atoms with Crippen molar-refractivity contribution in [3.63, 3.8) is 0 Å². The predicted molar refractivity (Wildman–Crippen MR) is 64.6 cm³/mol. The van der Waals surface area contributed by atoms with Gasteiger partial charge in [0.05, 0.1) is 18.8 Å². The van der Waals surface area contributed by atoms with Crippen molar-refractivity contribution in [2.75, 3.05) is 19.8 Å². The summed E-state index contributed by atoms with van der Waals surface area (Å²) in [5.41, 5.74) is 0. The van der Waals surface area contributed by atoms with E-state index >= 15 is 0 Å². The van der Waals surface area contributed by atoms with E-state index in [1.165, 1.54) is 38.5 Å². The molecular formula is C13H25NO2. The molecule has 1 saturated carbocycles. The van der Waals surface area contributed by atoms with Crippen molar-refractivity contribution in [2.45, 2.75) is 63.7 Å². The Bertz CT molecular complexity index is 192. The first-order valence-electron chi connectivity index (χ1n) is 6.85. The van der Waals surface area contributed by atoms with Crippen LogP contribution in [-0.2, 0) is 9.47 Å². The second-order valence-corrected chi connectivity index (χ2v) is 5.01. The molecule has 0 aromatic rings. The molecule has 2 fully saturated rings. The van der Waals surface area contributed by atoms with Gasteiger partial charge in [-0.1, -0.05) is 6.92 Å². The highest BCUT2D eigenvalue weighted by molar-refractivity contribution is 4.81. The molecule has 2 rings (SSSR count). The van der Waals surface area contributed by atoms with Crippen LogP contribution in [0, 0.1) is 0 Å². The fraction of sp³-hybridized carbons (Fsp3) is 1.00. The molecule has 0 radical (unpaired) electrons. The zero-order valence-electron chi connectivity index (χ0n) is 10.4. The quantitative estimate of drug-likeness (QED) is 0.780. The smallest absolute Gasteiger partial charge is 0.0808 e. The molecule has 1 aliphatic carbocycles. The Morgan fingerprint density at radius 3 is 2.94 bits per heavy atom. The maximum absolute atomic E-state index is 5.95. The zero-order valence-corrected chi connectivity index (χ0v) is 10.4. The van der Waals surface area contributed by atoms with Crippen molar-refractivity contribution in [1.29, 1.82) is 0 Å². The summed E-state index contributed by atoms with van der Waals surface area (Å²) < 4.78 is 11.6. The summed E-state index contributed by atoms with van der Waals surface area (Å²) in [7, 11) is 0. The second-order valence-electron chi connectivity index (χ2n) is 5.01. The van der Waals surface area contributed by atoms with Crippen molar-refractivity contribution < 1.29 is 9.47 Å². The largest absolute Gasteiger partial charge is 0.376 e. The lowest BCUT2D eigenvalue weighted by molar-refractivity contribution is -0.0615. The van der Waals surface area contributed by atoms with Crippen LogP contribution in [0.5, 0.6) is 0 Å². The van der Waals surface area contributed by atoms with Gasteiger partial charge in [0, 0.05) is 12.6 Å². The molecule has 2 aliphatic rings. The molecule has 1 N–H and O–H groups in total. The maximum Gasteiger partial charge on any atom is 0.0808 e. The van der Waals surface area contributed by atoms with E-state index in [-0.39, 0.29) is 0 Å². The summed E-state index contributed by atoms with van der Waals surface area (Å²) in [5, 5.41) is 3.50. The number of ether oxygens (including phenoxy) is 2. The van der Waals surface area contributed by atoms with Gasteiger partial charge in [-0.15, -0.1) is 0 Å². The van der Waals surface area contributed by atoms with Gasteiger partial charge in [0.15, 0.2) is 0 Å². The van der Waals surface area contributed by atoms with Gasteiger partial charge in [0.25, 0.3) is 0 Å².